The molecule has 0 aromatic heterocycles. The van der Waals surface area contributed by atoms with Crippen LogP contribution in [0.25, 0.3) is 0 Å². The van der Waals surface area contributed by atoms with Crippen molar-refractivity contribution in [3.63, 3.8) is 0 Å². The lowest BCUT2D eigenvalue weighted by Crippen LogP contribution is -2.60. The number of benzene rings is 1. The number of carbonyl (C=O) groups excluding carboxylic acids is 3. The molecule has 0 amide bonds. The summed E-state index contributed by atoms with van der Waals surface area (Å²) in [4.78, 5) is 48.4. The Kier molecular flexibility index (Phi) is 24.7. The van der Waals surface area contributed by atoms with E-state index in [0.29, 0.717) is 32.1 Å². The number of ether oxygens (including phenoxy) is 4. The fraction of sp³-hybridized carbons (Fsp3) is 0.839. The fourth-order valence-corrected chi connectivity index (χ4v) is 10.6. The summed E-state index contributed by atoms with van der Waals surface area (Å²) in [5, 5.41) is 11.7. The molecule has 66 heavy (non-hydrogen) atoms. The first-order valence-electron chi connectivity index (χ1n) is 26.7. The normalized spacial score (nSPS) is 19.1. The van der Waals surface area contributed by atoms with E-state index in [4.69, 9.17) is 18.9 Å². The molecule has 1 aromatic rings. The average molecular weight is 927 g/mol. The molecule has 0 aliphatic carbocycles. The van der Waals surface area contributed by atoms with Crippen LogP contribution in [0.4, 0.5) is 0 Å². The van der Waals surface area contributed by atoms with E-state index >= 15 is 0 Å². The molecule has 1 aromatic carbocycles. The molecule has 1 N–H and O–H groups in total. The molecule has 2 fully saturated rings. The minimum atomic E-state index is -1.54. The molecule has 380 valence electrons. The Balaban J connectivity index is 1.89. The molecule has 2 saturated heterocycles. The topological polar surface area (TPSA) is 115 Å². The standard InChI is InChI=1S/C56H98N2O8/c1-13-15-17-19-21-23-25-27-29-31-33-37-63-49(59)45-35-36-46(50(60)65-43-39-53(3,4)57(11)54(5,6)40-43)47(51(61)64-38-34-32-30-28-26-24-22-20-18-16-14-2)48(45)52(62)66-44-41-55(7,8)58(12)56(9,10)42-44/h35-36,43-44,49,59H,13-34,37-42H2,1-12H3. The van der Waals surface area contributed by atoms with Gasteiger partial charge in [-0.15, -0.1) is 0 Å². The van der Waals surface area contributed by atoms with Crippen LogP contribution in [0.2, 0.25) is 0 Å². The maximum absolute atomic E-state index is 14.8. The van der Waals surface area contributed by atoms with Gasteiger partial charge in [0.1, 0.15) is 12.2 Å². The zero-order valence-corrected chi connectivity index (χ0v) is 44.4. The first-order valence-corrected chi connectivity index (χ1v) is 26.7. The summed E-state index contributed by atoms with van der Waals surface area (Å²) in [6.07, 6.45) is 25.5. The van der Waals surface area contributed by atoms with Crippen LogP contribution in [-0.4, -0.2) is 94.5 Å². The molecule has 2 aliphatic heterocycles. The van der Waals surface area contributed by atoms with Gasteiger partial charge in [0.2, 0.25) is 0 Å². The number of piperidine rings is 2. The Bertz CT molecular complexity index is 1570. The molecule has 2 aliphatic rings. The first kappa shape index (κ1) is 57.8. The van der Waals surface area contributed by atoms with Crippen LogP contribution in [0, 0.1) is 0 Å². The monoisotopic (exact) mass is 927 g/mol. The van der Waals surface area contributed by atoms with Gasteiger partial charge in [-0.1, -0.05) is 148 Å². The van der Waals surface area contributed by atoms with Crippen LogP contribution in [0.15, 0.2) is 12.1 Å². The molecular formula is C56H98N2O8. The van der Waals surface area contributed by atoms with Crippen molar-refractivity contribution in [2.24, 2.45) is 0 Å². The second kappa shape index (κ2) is 28.2. The highest BCUT2D eigenvalue weighted by atomic mass is 16.6. The number of rotatable bonds is 31. The van der Waals surface area contributed by atoms with Gasteiger partial charge in [0.15, 0.2) is 6.29 Å². The highest BCUT2D eigenvalue weighted by molar-refractivity contribution is 6.11. The molecule has 1 atom stereocenters. The van der Waals surface area contributed by atoms with Gasteiger partial charge in [0.05, 0.1) is 29.9 Å². The van der Waals surface area contributed by atoms with Crippen molar-refractivity contribution < 1.29 is 38.4 Å². The molecule has 0 bridgehead atoms. The van der Waals surface area contributed by atoms with Gasteiger partial charge in [-0.3, -0.25) is 9.80 Å². The second-order valence-electron chi connectivity index (χ2n) is 22.6. The lowest BCUT2D eigenvalue weighted by atomic mass is 9.78. The van der Waals surface area contributed by atoms with Crippen molar-refractivity contribution in [3.05, 3.63) is 34.4 Å². The predicted octanol–water partition coefficient (Wildman–Crippen LogP) is 14.1. The highest BCUT2D eigenvalue weighted by Crippen LogP contribution is 2.41. The summed E-state index contributed by atoms with van der Waals surface area (Å²) in [6.45, 7) is 22.0. The van der Waals surface area contributed by atoms with E-state index in [1.807, 2.05) is 0 Å². The molecule has 2 heterocycles. The third kappa shape index (κ3) is 18.4. The van der Waals surface area contributed by atoms with Gasteiger partial charge in [0, 0.05) is 53.4 Å². The Morgan fingerprint density at radius 2 is 0.864 bits per heavy atom. The number of aliphatic hydroxyl groups is 1. The number of hydrogen-bond acceptors (Lipinski definition) is 10. The Morgan fingerprint density at radius 3 is 1.26 bits per heavy atom. The Labute approximate surface area is 403 Å². The van der Waals surface area contributed by atoms with E-state index in [9.17, 15) is 19.5 Å². The van der Waals surface area contributed by atoms with E-state index in [-0.39, 0.29) is 57.6 Å². The van der Waals surface area contributed by atoms with Gasteiger partial charge >= 0.3 is 17.9 Å². The molecule has 0 spiro atoms. The van der Waals surface area contributed by atoms with Crippen LogP contribution in [0.3, 0.4) is 0 Å². The Morgan fingerprint density at radius 1 is 0.515 bits per heavy atom. The van der Waals surface area contributed by atoms with Crippen molar-refractivity contribution >= 4 is 17.9 Å². The maximum Gasteiger partial charge on any atom is 0.339 e. The molecule has 1 unspecified atom stereocenters. The molecule has 10 nitrogen and oxygen atoms in total. The van der Waals surface area contributed by atoms with Crippen molar-refractivity contribution in [1.82, 2.24) is 9.80 Å². The quantitative estimate of drug-likeness (QED) is 0.0334. The predicted molar refractivity (Wildman–Crippen MR) is 269 cm³/mol. The minimum Gasteiger partial charge on any atom is -0.462 e. The van der Waals surface area contributed by atoms with Gasteiger partial charge in [-0.2, -0.15) is 0 Å². The summed E-state index contributed by atoms with van der Waals surface area (Å²) in [5.41, 5.74) is -1.52. The molecule has 0 saturated carbocycles. The van der Waals surface area contributed by atoms with Gasteiger partial charge in [-0.25, -0.2) is 14.4 Å². The molecular weight excluding hydrogens is 829 g/mol. The summed E-state index contributed by atoms with van der Waals surface area (Å²) >= 11 is 0. The number of unbranched alkanes of at least 4 members (excludes halogenated alkanes) is 20. The lowest BCUT2D eigenvalue weighted by Gasteiger charge is -2.53. The van der Waals surface area contributed by atoms with Crippen LogP contribution >= 0.6 is 0 Å². The van der Waals surface area contributed by atoms with Crippen LogP contribution in [0.5, 0.6) is 0 Å². The van der Waals surface area contributed by atoms with E-state index in [2.05, 4.69) is 93.1 Å². The first-order chi connectivity index (χ1) is 31.2. The van der Waals surface area contributed by atoms with Gasteiger partial charge in [-0.05, 0) is 88.4 Å². The van der Waals surface area contributed by atoms with Crippen molar-refractivity contribution in [2.75, 3.05) is 27.3 Å². The van der Waals surface area contributed by atoms with Crippen molar-refractivity contribution in [1.29, 1.82) is 0 Å². The SMILES string of the molecule is CCCCCCCCCCCCCOC(=O)c1c(C(=O)OC2CC(C)(C)N(C)C(C)(C)C2)ccc(C(O)OCCCCCCCCCCCCC)c1C(=O)OC1CC(C)(C)N(C)C(C)(C)C1. The number of aliphatic hydroxyl groups excluding tert-OH is 1. The largest absolute Gasteiger partial charge is 0.462 e. The van der Waals surface area contributed by atoms with Crippen LogP contribution < -0.4 is 0 Å². The second-order valence-corrected chi connectivity index (χ2v) is 22.6. The fourth-order valence-electron chi connectivity index (χ4n) is 10.6. The Hall–Kier alpha value is -2.53. The van der Waals surface area contributed by atoms with E-state index in [0.717, 1.165) is 38.5 Å². The number of hydrogen-bond donors (Lipinski definition) is 1. The van der Waals surface area contributed by atoms with Crippen LogP contribution in [0.1, 0.15) is 279 Å². The molecule has 10 heteroatoms. The number of likely N-dealkylation sites (tertiary alicyclic amines) is 2. The van der Waals surface area contributed by atoms with Gasteiger partial charge < -0.3 is 24.1 Å². The minimum absolute atomic E-state index is 0.0780. The van der Waals surface area contributed by atoms with Gasteiger partial charge in [0.25, 0.3) is 0 Å². The van der Waals surface area contributed by atoms with Crippen molar-refractivity contribution in [2.45, 2.75) is 277 Å². The maximum atomic E-state index is 14.8. The van der Waals surface area contributed by atoms with Crippen molar-refractivity contribution in [3.8, 4) is 0 Å². The van der Waals surface area contributed by atoms with E-state index in [1.165, 1.54) is 108 Å². The molecule has 0 radical (unpaired) electrons. The van der Waals surface area contributed by atoms with E-state index in [1.54, 1.807) is 0 Å². The highest BCUT2D eigenvalue weighted by Gasteiger charge is 2.47. The summed E-state index contributed by atoms with van der Waals surface area (Å²) < 4.78 is 24.6. The third-order valence-electron chi connectivity index (χ3n) is 15.2. The smallest absolute Gasteiger partial charge is 0.339 e. The third-order valence-corrected chi connectivity index (χ3v) is 15.2. The number of esters is 3. The summed E-state index contributed by atoms with van der Waals surface area (Å²) in [6, 6.07) is 3.00. The number of carbonyl (C=O) groups is 3. The number of nitrogens with zero attached hydrogens (tertiary/aromatic N) is 2. The summed E-state index contributed by atoms with van der Waals surface area (Å²) in [7, 11) is 4.18. The van der Waals surface area contributed by atoms with E-state index < -0.39 is 36.4 Å². The zero-order valence-electron chi connectivity index (χ0n) is 44.4. The zero-order chi connectivity index (χ0) is 49.0. The van der Waals surface area contributed by atoms with Crippen LogP contribution in [-0.2, 0) is 18.9 Å². The lowest BCUT2D eigenvalue weighted by molar-refractivity contribution is -0.105. The molecule has 3 rings (SSSR count). The summed E-state index contributed by atoms with van der Waals surface area (Å²) in [5.74, 6) is -2.31. The average Bonchev–Trinajstić information content (AvgIpc) is 3.24.